The van der Waals surface area contributed by atoms with Crippen molar-refractivity contribution in [2.24, 2.45) is 0 Å². The number of anilines is 1. The van der Waals surface area contributed by atoms with Crippen molar-refractivity contribution in [3.05, 3.63) is 30.5 Å². The van der Waals surface area contributed by atoms with Gasteiger partial charge in [-0.2, -0.15) is 0 Å². The Hall–Kier alpha value is -2.63. The van der Waals surface area contributed by atoms with E-state index in [1.165, 1.54) is 7.05 Å². The van der Waals surface area contributed by atoms with E-state index in [4.69, 9.17) is 0 Å². The van der Waals surface area contributed by atoms with Crippen molar-refractivity contribution in [3.8, 4) is 5.75 Å². The van der Waals surface area contributed by atoms with Crippen molar-refractivity contribution in [2.45, 2.75) is 12.5 Å². The third-order valence-electron chi connectivity index (χ3n) is 3.44. The SMILES string of the molecule is CN1C(=O)CC(Nc2nccc3ccc(O)cc23)C1=O. The summed E-state index contributed by atoms with van der Waals surface area (Å²) in [5, 5.41) is 14.2. The monoisotopic (exact) mass is 271 g/mol. The van der Waals surface area contributed by atoms with Crippen LogP contribution in [-0.2, 0) is 9.59 Å². The van der Waals surface area contributed by atoms with Gasteiger partial charge in [0.05, 0.1) is 6.42 Å². The molecule has 0 aliphatic carbocycles. The van der Waals surface area contributed by atoms with Gasteiger partial charge in [0, 0.05) is 18.6 Å². The van der Waals surface area contributed by atoms with E-state index in [9.17, 15) is 14.7 Å². The van der Waals surface area contributed by atoms with E-state index in [-0.39, 0.29) is 24.0 Å². The van der Waals surface area contributed by atoms with Gasteiger partial charge in [-0.3, -0.25) is 14.5 Å². The molecule has 1 atom stereocenters. The number of pyridine rings is 1. The topological polar surface area (TPSA) is 82.5 Å². The first-order valence-electron chi connectivity index (χ1n) is 6.21. The second kappa shape index (κ2) is 4.48. The van der Waals surface area contributed by atoms with Crippen molar-refractivity contribution < 1.29 is 14.7 Å². The summed E-state index contributed by atoms with van der Waals surface area (Å²) in [4.78, 5) is 28.7. The molecule has 102 valence electrons. The third kappa shape index (κ3) is 1.95. The van der Waals surface area contributed by atoms with Gasteiger partial charge >= 0.3 is 0 Å². The summed E-state index contributed by atoms with van der Waals surface area (Å²) in [6, 6.07) is 6.15. The standard InChI is InChI=1S/C14H13N3O3/c1-17-12(19)7-11(14(17)20)16-13-10-6-9(18)3-2-8(10)4-5-15-13/h2-6,11,18H,7H2,1H3,(H,15,16). The van der Waals surface area contributed by atoms with Crippen LogP contribution in [0.15, 0.2) is 30.5 Å². The zero-order valence-electron chi connectivity index (χ0n) is 10.8. The molecule has 20 heavy (non-hydrogen) atoms. The number of likely N-dealkylation sites (tertiary alicyclic amines) is 1. The first-order chi connectivity index (χ1) is 9.56. The number of amides is 2. The fraction of sp³-hybridized carbons (Fsp3) is 0.214. The number of hydrogen-bond acceptors (Lipinski definition) is 5. The molecule has 1 aliphatic heterocycles. The lowest BCUT2D eigenvalue weighted by atomic mass is 10.1. The molecule has 1 aliphatic rings. The Bertz CT molecular complexity index is 714. The lowest BCUT2D eigenvalue weighted by Gasteiger charge is -2.13. The van der Waals surface area contributed by atoms with Gasteiger partial charge in [0.15, 0.2) is 0 Å². The Morgan fingerprint density at radius 2 is 2.15 bits per heavy atom. The number of benzene rings is 1. The molecule has 1 saturated heterocycles. The van der Waals surface area contributed by atoms with E-state index in [0.717, 1.165) is 10.3 Å². The number of phenols is 1. The van der Waals surface area contributed by atoms with Crippen LogP contribution in [0.3, 0.4) is 0 Å². The largest absolute Gasteiger partial charge is 0.508 e. The molecular weight excluding hydrogens is 258 g/mol. The number of carbonyl (C=O) groups excluding carboxylic acids is 2. The Balaban J connectivity index is 1.97. The molecule has 2 heterocycles. The van der Waals surface area contributed by atoms with Crippen LogP contribution >= 0.6 is 0 Å². The summed E-state index contributed by atoms with van der Waals surface area (Å²) in [5.41, 5.74) is 0. The molecule has 0 saturated carbocycles. The number of carbonyl (C=O) groups is 2. The number of hydrogen-bond donors (Lipinski definition) is 2. The van der Waals surface area contributed by atoms with Gasteiger partial charge in [0.25, 0.3) is 5.91 Å². The molecule has 1 aromatic carbocycles. The number of likely N-dealkylation sites (N-methyl/N-ethyl adjacent to an activating group) is 1. The Morgan fingerprint density at radius 3 is 2.85 bits per heavy atom. The average molecular weight is 271 g/mol. The number of nitrogens with zero attached hydrogens (tertiary/aromatic N) is 2. The maximum atomic E-state index is 11.9. The third-order valence-corrected chi connectivity index (χ3v) is 3.44. The molecule has 2 amide bonds. The average Bonchev–Trinajstić information content (AvgIpc) is 2.67. The Labute approximate surface area is 115 Å². The smallest absolute Gasteiger partial charge is 0.251 e. The van der Waals surface area contributed by atoms with Gasteiger partial charge in [-0.15, -0.1) is 0 Å². The number of rotatable bonds is 2. The van der Waals surface area contributed by atoms with Crippen molar-refractivity contribution in [1.82, 2.24) is 9.88 Å². The molecule has 3 rings (SSSR count). The van der Waals surface area contributed by atoms with Gasteiger partial charge < -0.3 is 10.4 Å². The molecule has 1 aromatic heterocycles. The minimum atomic E-state index is -0.604. The van der Waals surface area contributed by atoms with Crippen molar-refractivity contribution in [3.63, 3.8) is 0 Å². The van der Waals surface area contributed by atoms with Crippen LogP contribution in [0.5, 0.6) is 5.75 Å². The van der Waals surface area contributed by atoms with Crippen LogP contribution in [0.2, 0.25) is 0 Å². The molecule has 0 bridgehead atoms. The summed E-state index contributed by atoms with van der Waals surface area (Å²) in [6.07, 6.45) is 1.74. The number of aromatic hydroxyl groups is 1. The van der Waals surface area contributed by atoms with Crippen LogP contribution in [-0.4, -0.2) is 39.9 Å². The highest BCUT2D eigenvalue weighted by Crippen LogP contribution is 2.26. The second-order valence-electron chi connectivity index (χ2n) is 4.76. The molecule has 2 aromatic rings. The van der Waals surface area contributed by atoms with Crippen molar-refractivity contribution >= 4 is 28.4 Å². The van der Waals surface area contributed by atoms with Gasteiger partial charge in [0.1, 0.15) is 17.6 Å². The number of nitrogens with one attached hydrogen (secondary N) is 1. The number of phenolic OH excluding ortho intramolecular Hbond substituents is 1. The van der Waals surface area contributed by atoms with E-state index in [0.29, 0.717) is 11.2 Å². The van der Waals surface area contributed by atoms with Gasteiger partial charge in [-0.25, -0.2) is 4.98 Å². The number of fused-ring (bicyclic) bond motifs is 1. The predicted molar refractivity (Wildman–Crippen MR) is 73.2 cm³/mol. The van der Waals surface area contributed by atoms with Crippen molar-refractivity contribution in [2.75, 3.05) is 12.4 Å². The van der Waals surface area contributed by atoms with Crippen LogP contribution < -0.4 is 5.32 Å². The first kappa shape index (κ1) is 12.4. The molecule has 2 N–H and O–H groups in total. The summed E-state index contributed by atoms with van der Waals surface area (Å²) >= 11 is 0. The molecule has 1 unspecified atom stereocenters. The quantitative estimate of drug-likeness (QED) is 0.799. The normalized spacial score (nSPS) is 18.9. The minimum absolute atomic E-state index is 0.117. The van der Waals surface area contributed by atoms with Crippen LogP contribution in [0.4, 0.5) is 5.82 Å². The van der Waals surface area contributed by atoms with E-state index in [1.54, 1.807) is 24.4 Å². The lowest BCUT2D eigenvalue weighted by molar-refractivity contribution is -0.136. The highest BCUT2D eigenvalue weighted by atomic mass is 16.3. The summed E-state index contributed by atoms with van der Waals surface area (Å²) in [6.45, 7) is 0. The fourth-order valence-corrected chi connectivity index (χ4v) is 2.30. The Kier molecular flexibility index (Phi) is 2.78. The van der Waals surface area contributed by atoms with Crippen LogP contribution in [0, 0.1) is 0 Å². The molecule has 6 heteroatoms. The first-order valence-corrected chi connectivity index (χ1v) is 6.21. The van der Waals surface area contributed by atoms with Crippen LogP contribution in [0.1, 0.15) is 6.42 Å². The van der Waals surface area contributed by atoms with Gasteiger partial charge in [-0.05, 0) is 23.6 Å². The maximum absolute atomic E-state index is 11.9. The maximum Gasteiger partial charge on any atom is 0.251 e. The zero-order chi connectivity index (χ0) is 14.3. The van der Waals surface area contributed by atoms with Crippen molar-refractivity contribution in [1.29, 1.82) is 0 Å². The van der Waals surface area contributed by atoms with E-state index >= 15 is 0 Å². The molecule has 1 fully saturated rings. The molecular formula is C14H13N3O3. The lowest BCUT2D eigenvalue weighted by Crippen LogP contribution is -2.32. The number of aromatic nitrogens is 1. The molecule has 0 spiro atoms. The van der Waals surface area contributed by atoms with E-state index in [1.807, 2.05) is 6.07 Å². The minimum Gasteiger partial charge on any atom is -0.508 e. The summed E-state index contributed by atoms with van der Waals surface area (Å²) < 4.78 is 0. The summed E-state index contributed by atoms with van der Waals surface area (Å²) in [7, 11) is 1.47. The van der Waals surface area contributed by atoms with E-state index < -0.39 is 6.04 Å². The van der Waals surface area contributed by atoms with Gasteiger partial charge in [0.2, 0.25) is 5.91 Å². The zero-order valence-corrected chi connectivity index (χ0v) is 10.8. The fourth-order valence-electron chi connectivity index (χ4n) is 2.30. The van der Waals surface area contributed by atoms with E-state index in [2.05, 4.69) is 10.3 Å². The number of imide groups is 1. The van der Waals surface area contributed by atoms with Gasteiger partial charge in [-0.1, -0.05) is 6.07 Å². The summed E-state index contributed by atoms with van der Waals surface area (Å²) in [5.74, 6) is 0.129. The Morgan fingerprint density at radius 1 is 1.35 bits per heavy atom. The molecule has 0 radical (unpaired) electrons. The highest BCUT2D eigenvalue weighted by molar-refractivity contribution is 6.07. The second-order valence-corrected chi connectivity index (χ2v) is 4.76. The van der Waals surface area contributed by atoms with Crippen LogP contribution in [0.25, 0.3) is 10.8 Å². The highest BCUT2D eigenvalue weighted by Gasteiger charge is 2.36. The predicted octanol–water partition coefficient (Wildman–Crippen LogP) is 1.11. The molecule has 6 nitrogen and oxygen atoms in total.